The predicted octanol–water partition coefficient (Wildman–Crippen LogP) is 5.37. The normalized spacial score (nSPS) is 12.0. The lowest BCUT2D eigenvalue weighted by molar-refractivity contribution is -0.139. The molecule has 0 unspecified atom stereocenters. The number of carbonyl (C=O) groups is 2. The maximum atomic E-state index is 14.0. The standard InChI is InChI=1S/C29H33Cl2N3O5S/c1-6-32-29(36)21(4)33(17-22-10-13-24(30)25(31)16-22)28(35)18-34(26-15-20(3)9-14-27(26)39-5)40(37,38)23-11-7-19(2)8-12-23/h7-16,21H,6,17-18H2,1-5H3,(H,32,36)/t21-/m1/s1. The maximum Gasteiger partial charge on any atom is 0.264 e. The van der Waals surface area contributed by atoms with Crippen LogP contribution in [0.4, 0.5) is 5.69 Å². The minimum atomic E-state index is -4.22. The summed E-state index contributed by atoms with van der Waals surface area (Å²) in [6.45, 7) is 6.81. The molecule has 0 saturated carbocycles. The lowest BCUT2D eigenvalue weighted by Crippen LogP contribution is -2.51. The zero-order chi connectivity index (χ0) is 29.6. The number of rotatable bonds is 11. The minimum absolute atomic E-state index is 0.00258. The molecule has 0 spiro atoms. The number of sulfonamides is 1. The summed E-state index contributed by atoms with van der Waals surface area (Å²) >= 11 is 12.3. The van der Waals surface area contributed by atoms with Gasteiger partial charge >= 0.3 is 0 Å². The summed E-state index contributed by atoms with van der Waals surface area (Å²) in [6.07, 6.45) is 0. The van der Waals surface area contributed by atoms with Crippen LogP contribution in [0.3, 0.4) is 0 Å². The Morgan fingerprint density at radius 1 is 0.950 bits per heavy atom. The summed E-state index contributed by atoms with van der Waals surface area (Å²) in [4.78, 5) is 28.2. The van der Waals surface area contributed by atoms with Gasteiger partial charge in [-0.15, -0.1) is 0 Å². The lowest BCUT2D eigenvalue weighted by Gasteiger charge is -2.32. The van der Waals surface area contributed by atoms with Gasteiger partial charge < -0.3 is 15.0 Å². The summed E-state index contributed by atoms with van der Waals surface area (Å²) in [6, 6.07) is 15.4. The number of hydrogen-bond acceptors (Lipinski definition) is 5. The van der Waals surface area contributed by atoms with Gasteiger partial charge in [-0.3, -0.25) is 13.9 Å². The Bertz CT molecular complexity index is 1480. The molecule has 0 aromatic heterocycles. The Kier molecular flexibility index (Phi) is 10.5. The van der Waals surface area contributed by atoms with Crippen LogP contribution in [0.2, 0.25) is 10.0 Å². The van der Waals surface area contributed by atoms with Crippen molar-refractivity contribution in [3.63, 3.8) is 0 Å². The summed E-state index contributed by atoms with van der Waals surface area (Å²) in [5.41, 5.74) is 2.49. The zero-order valence-electron chi connectivity index (χ0n) is 23.1. The first-order valence-corrected chi connectivity index (χ1v) is 14.8. The molecule has 2 amide bonds. The highest BCUT2D eigenvalue weighted by molar-refractivity contribution is 7.92. The second kappa shape index (κ2) is 13.4. The molecule has 0 fully saturated rings. The number of ether oxygens (including phenoxy) is 1. The lowest BCUT2D eigenvalue weighted by atomic mass is 10.1. The molecule has 1 atom stereocenters. The summed E-state index contributed by atoms with van der Waals surface area (Å²) in [7, 11) is -2.79. The average molecular weight is 607 g/mol. The molecule has 3 rings (SSSR count). The molecule has 0 aliphatic rings. The molecule has 3 aromatic rings. The highest BCUT2D eigenvalue weighted by Gasteiger charge is 2.34. The number of benzene rings is 3. The van der Waals surface area contributed by atoms with Crippen molar-refractivity contribution in [3.8, 4) is 5.75 Å². The van der Waals surface area contributed by atoms with Crippen LogP contribution < -0.4 is 14.4 Å². The number of anilines is 1. The van der Waals surface area contributed by atoms with Gasteiger partial charge in [-0.2, -0.15) is 0 Å². The van der Waals surface area contributed by atoms with Crippen molar-refractivity contribution in [2.75, 3.05) is 24.5 Å². The van der Waals surface area contributed by atoms with E-state index in [1.54, 1.807) is 62.4 Å². The molecule has 3 aromatic carbocycles. The van der Waals surface area contributed by atoms with E-state index in [2.05, 4.69) is 5.32 Å². The number of hydrogen-bond donors (Lipinski definition) is 1. The van der Waals surface area contributed by atoms with E-state index in [0.29, 0.717) is 22.2 Å². The topological polar surface area (TPSA) is 96.0 Å². The molecule has 0 bridgehead atoms. The smallest absolute Gasteiger partial charge is 0.264 e. The van der Waals surface area contributed by atoms with Gasteiger partial charge in [-0.05, 0) is 75.2 Å². The Morgan fingerprint density at radius 3 is 2.20 bits per heavy atom. The highest BCUT2D eigenvalue weighted by Crippen LogP contribution is 2.34. The number of nitrogens with zero attached hydrogens (tertiary/aromatic N) is 2. The van der Waals surface area contributed by atoms with Crippen molar-refractivity contribution in [1.82, 2.24) is 10.2 Å². The number of likely N-dealkylation sites (N-methyl/N-ethyl adjacent to an activating group) is 1. The van der Waals surface area contributed by atoms with E-state index in [1.807, 2.05) is 13.8 Å². The van der Waals surface area contributed by atoms with E-state index in [4.69, 9.17) is 27.9 Å². The average Bonchev–Trinajstić information content (AvgIpc) is 2.92. The van der Waals surface area contributed by atoms with Crippen LogP contribution in [0.25, 0.3) is 0 Å². The molecule has 0 saturated heterocycles. The van der Waals surface area contributed by atoms with Crippen molar-refractivity contribution in [2.24, 2.45) is 0 Å². The van der Waals surface area contributed by atoms with Gasteiger partial charge in [0.1, 0.15) is 18.3 Å². The number of carbonyl (C=O) groups excluding carboxylic acids is 2. The fourth-order valence-corrected chi connectivity index (χ4v) is 5.82. The minimum Gasteiger partial charge on any atom is -0.495 e. The number of methoxy groups -OCH3 is 1. The second-order valence-corrected chi connectivity index (χ2v) is 12.0. The summed E-state index contributed by atoms with van der Waals surface area (Å²) < 4.78 is 34.5. The molecule has 214 valence electrons. The van der Waals surface area contributed by atoms with E-state index in [9.17, 15) is 18.0 Å². The van der Waals surface area contributed by atoms with E-state index >= 15 is 0 Å². The molecular formula is C29H33Cl2N3O5S. The van der Waals surface area contributed by atoms with Crippen molar-refractivity contribution in [1.29, 1.82) is 0 Å². The van der Waals surface area contributed by atoms with E-state index in [-0.39, 0.29) is 28.8 Å². The molecule has 0 aliphatic carbocycles. The van der Waals surface area contributed by atoms with Crippen molar-refractivity contribution in [2.45, 2.75) is 45.2 Å². The monoisotopic (exact) mass is 605 g/mol. The van der Waals surface area contributed by atoms with Crippen LogP contribution >= 0.6 is 23.2 Å². The van der Waals surface area contributed by atoms with Gasteiger partial charge in [-0.1, -0.05) is 53.0 Å². The predicted molar refractivity (Wildman–Crippen MR) is 159 cm³/mol. The number of nitrogens with one attached hydrogen (secondary N) is 1. The SMILES string of the molecule is CCNC(=O)[C@@H](C)N(Cc1ccc(Cl)c(Cl)c1)C(=O)CN(c1cc(C)ccc1OC)S(=O)(=O)c1ccc(C)cc1. The third-order valence-corrected chi connectivity index (χ3v) is 8.86. The van der Waals surface area contributed by atoms with Crippen LogP contribution in [-0.2, 0) is 26.2 Å². The first kappa shape index (κ1) is 31.3. The van der Waals surface area contributed by atoms with Gasteiger partial charge in [-0.25, -0.2) is 8.42 Å². The third kappa shape index (κ3) is 7.27. The quantitative estimate of drug-likeness (QED) is 0.317. The second-order valence-electron chi connectivity index (χ2n) is 9.34. The van der Waals surface area contributed by atoms with Crippen LogP contribution in [0.15, 0.2) is 65.6 Å². The van der Waals surface area contributed by atoms with Crippen LogP contribution in [0.1, 0.15) is 30.5 Å². The number of amides is 2. The molecule has 1 N–H and O–H groups in total. The zero-order valence-corrected chi connectivity index (χ0v) is 25.4. The first-order chi connectivity index (χ1) is 18.9. The number of aryl methyl sites for hydroxylation is 2. The van der Waals surface area contributed by atoms with Gasteiger partial charge in [0, 0.05) is 13.1 Å². The van der Waals surface area contributed by atoms with E-state index in [0.717, 1.165) is 15.4 Å². The fraction of sp³-hybridized carbons (Fsp3) is 0.310. The van der Waals surface area contributed by atoms with Gasteiger partial charge in [0.2, 0.25) is 11.8 Å². The Balaban J connectivity index is 2.11. The summed E-state index contributed by atoms with van der Waals surface area (Å²) in [5.74, 6) is -0.692. The molecule has 0 heterocycles. The van der Waals surface area contributed by atoms with Crippen molar-refractivity contribution < 1.29 is 22.7 Å². The Labute approximate surface area is 245 Å². The molecule has 0 aliphatic heterocycles. The molecule has 0 radical (unpaired) electrons. The molecule has 11 heteroatoms. The van der Waals surface area contributed by atoms with Crippen LogP contribution in [0, 0.1) is 13.8 Å². The van der Waals surface area contributed by atoms with E-state index < -0.39 is 28.5 Å². The van der Waals surface area contributed by atoms with Gasteiger partial charge in [0.15, 0.2) is 0 Å². The van der Waals surface area contributed by atoms with Gasteiger partial charge in [0.25, 0.3) is 10.0 Å². The fourth-order valence-electron chi connectivity index (χ4n) is 4.08. The molecule has 40 heavy (non-hydrogen) atoms. The first-order valence-electron chi connectivity index (χ1n) is 12.6. The van der Waals surface area contributed by atoms with Crippen molar-refractivity contribution in [3.05, 3.63) is 87.4 Å². The third-order valence-electron chi connectivity index (χ3n) is 6.35. The highest BCUT2D eigenvalue weighted by atomic mass is 35.5. The Hall–Kier alpha value is -3.27. The Morgan fingerprint density at radius 2 is 1.60 bits per heavy atom. The molecular weight excluding hydrogens is 573 g/mol. The molecule has 8 nitrogen and oxygen atoms in total. The van der Waals surface area contributed by atoms with Crippen molar-refractivity contribution >= 4 is 50.7 Å². The van der Waals surface area contributed by atoms with E-state index in [1.165, 1.54) is 24.1 Å². The maximum absolute atomic E-state index is 14.0. The van der Waals surface area contributed by atoms with Crippen LogP contribution in [-0.4, -0.2) is 51.4 Å². The van der Waals surface area contributed by atoms with Gasteiger partial charge in [0.05, 0.1) is 27.7 Å². The number of halogens is 2. The largest absolute Gasteiger partial charge is 0.495 e. The summed E-state index contributed by atoms with van der Waals surface area (Å²) in [5, 5.41) is 3.37. The van der Waals surface area contributed by atoms with Crippen LogP contribution in [0.5, 0.6) is 5.75 Å².